The highest BCUT2D eigenvalue weighted by molar-refractivity contribution is 5.74. The number of rotatable bonds is 6. The van der Waals surface area contributed by atoms with Crippen LogP contribution in [0.5, 0.6) is 0 Å². The van der Waals surface area contributed by atoms with Gasteiger partial charge in [0.25, 0.3) is 0 Å². The van der Waals surface area contributed by atoms with Crippen LogP contribution >= 0.6 is 0 Å². The molecule has 3 rings (SSSR count). The van der Waals surface area contributed by atoms with E-state index >= 15 is 0 Å². The van der Waals surface area contributed by atoms with Gasteiger partial charge >= 0.3 is 0 Å². The molecule has 0 saturated carbocycles. The van der Waals surface area contributed by atoms with E-state index in [9.17, 15) is 0 Å². The molecule has 1 heteroatoms. The van der Waals surface area contributed by atoms with E-state index in [1.807, 2.05) is 0 Å². The normalized spacial score (nSPS) is 10.8. The summed E-state index contributed by atoms with van der Waals surface area (Å²) in [6, 6.07) is 24.2. The lowest BCUT2D eigenvalue weighted by Gasteiger charge is -2.12. The molecular weight excluding hydrogens is 304 g/mol. The van der Waals surface area contributed by atoms with Crippen molar-refractivity contribution in [2.45, 2.75) is 33.1 Å². The molecule has 1 nitrogen and oxygen atoms in total. The van der Waals surface area contributed by atoms with E-state index in [1.54, 1.807) is 0 Å². The monoisotopic (exact) mass is 330 g/mol. The van der Waals surface area contributed by atoms with Gasteiger partial charge in [-0.05, 0) is 58.2 Å². The minimum absolute atomic E-state index is 0.199. The van der Waals surface area contributed by atoms with Crippen molar-refractivity contribution in [2.75, 3.05) is 6.61 Å². The Morgan fingerprint density at radius 2 is 1.24 bits per heavy atom. The molecule has 0 unspecified atom stereocenters. The summed E-state index contributed by atoms with van der Waals surface area (Å²) in [5, 5.41) is 9.06. The Bertz CT molecular complexity index is 814. The molecule has 0 radical (unpaired) electrons. The van der Waals surface area contributed by atoms with Gasteiger partial charge < -0.3 is 5.11 Å². The second-order valence-electron chi connectivity index (χ2n) is 6.45. The Hall–Kier alpha value is -2.38. The van der Waals surface area contributed by atoms with Crippen LogP contribution in [0.4, 0.5) is 0 Å². The summed E-state index contributed by atoms with van der Waals surface area (Å²) in [5.74, 6) is 0. The molecule has 3 aromatic carbocycles. The maximum Gasteiger partial charge on any atom is 0.0471 e. The molecule has 0 heterocycles. The molecule has 0 aromatic heterocycles. The van der Waals surface area contributed by atoms with Crippen LogP contribution in [0.2, 0.25) is 0 Å². The van der Waals surface area contributed by atoms with E-state index in [0.29, 0.717) is 6.42 Å². The fourth-order valence-electron chi connectivity index (χ4n) is 3.26. The third-order valence-electron chi connectivity index (χ3n) is 4.85. The number of aryl methyl sites for hydroxylation is 2. The summed E-state index contributed by atoms with van der Waals surface area (Å²) >= 11 is 0. The second-order valence-corrected chi connectivity index (χ2v) is 6.45. The molecule has 0 fully saturated rings. The van der Waals surface area contributed by atoms with Crippen LogP contribution in [0.15, 0.2) is 66.7 Å². The van der Waals surface area contributed by atoms with Crippen LogP contribution in [-0.2, 0) is 19.3 Å². The zero-order valence-corrected chi connectivity index (χ0v) is 15.1. The third kappa shape index (κ3) is 4.00. The quantitative estimate of drug-likeness (QED) is 0.616. The first-order chi connectivity index (χ1) is 12.2. The highest BCUT2D eigenvalue weighted by Crippen LogP contribution is 2.30. The summed E-state index contributed by atoms with van der Waals surface area (Å²) in [7, 11) is 0. The molecule has 0 aliphatic rings. The minimum Gasteiger partial charge on any atom is -0.396 e. The molecule has 0 bridgehead atoms. The average molecular weight is 330 g/mol. The molecule has 0 saturated heterocycles. The zero-order chi connectivity index (χ0) is 17.6. The smallest absolute Gasteiger partial charge is 0.0471 e. The van der Waals surface area contributed by atoms with Crippen molar-refractivity contribution in [1.82, 2.24) is 0 Å². The van der Waals surface area contributed by atoms with E-state index in [-0.39, 0.29) is 6.61 Å². The van der Waals surface area contributed by atoms with E-state index in [1.165, 1.54) is 38.9 Å². The van der Waals surface area contributed by atoms with Crippen LogP contribution in [0.25, 0.3) is 22.3 Å². The molecule has 0 aliphatic heterocycles. The second kappa shape index (κ2) is 8.13. The first kappa shape index (κ1) is 17.4. The number of aliphatic hydroxyl groups is 1. The van der Waals surface area contributed by atoms with Gasteiger partial charge in [0.05, 0.1) is 0 Å². The summed E-state index contributed by atoms with van der Waals surface area (Å²) in [5.41, 5.74) is 9.01. The SMILES string of the molecule is CCc1ccc(-c2ccc(-c3ccc(CCO)cc3)c(CC)c2)cc1. The molecular formula is C24H26O. The van der Waals surface area contributed by atoms with Crippen LogP contribution in [0, 0.1) is 0 Å². The fraction of sp³-hybridized carbons (Fsp3) is 0.250. The minimum atomic E-state index is 0.199. The van der Waals surface area contributed by atoms with Gasteiger partial charge in [-0.15, -0.1) is 0 Å². The van der Waals surface area contributed by atoms with E-state index < -0.39 is 0 Å². The first-order valence-corrected chi connectivity index (χ1v) is 9.17. The lowest BCUT2D eigenvalue weighted by molar-refractivity contribution is 0.299. The van der Waals surface area contributed by atoms with Crippen molar-refractivity contribution in [1.29, 1.82) is 0 Å². The molecule has 0 amide bonds. The zero-order valence-electron chi connectivity index (χ0n) is 15.1. The van der Waals surface area contributed by atoms with Gasteiger partial charge in [-0.25, -0.2) is 0 Å². The number of aliphatic hydroxyl groups excluding tert-OH is 1. The number of hydrogen-bond donors (Lipinski definition) is 1. The van der Waals surface area contributed by atoms with Crippen molar-refractivity contribution in [2.24, 2.45) is 0 Å². The van der Waals surface area contributed by atoms with Crippen LogP contribution in [-0.4, -0.2) is 11.7 Å². The molecule has 25 heavy (non-hydrogen) atoms. The van der Waals surface area contributed by atoms with Crippen LogP contribution in [0.3, 0.4) is 0 Å². The Labute approximate surface area is 151 Å². The van der Waals surface area contributed by atoms with Crippen LogP contribution < -0.4 is 0 Å². The third-order valence-corrected chi connectivity index (χ3v) is 4.85. The molecule has 128 valence electrons. The highest BCUT2D eigenvalue weighted by atomic mass is 16.2. The number of benzene rings is 3. The van der Waals surface area contributed by atoms with Crippen LogP contribution in [0.1, 0.15) is 30.5 Å². The van der Waals surface area contributed by atoms with Crippen molar-refractivity contribution in [3.63, 3.8) is 0 Å². The molecule has 0 spiro atoms. The van der Waals surface area contributed by atoms with E-state index in [2.05, 4.69) is 80.6 Å². The van der Waals surface area contributed by atoms with E-state index in [4.69, 9.17) is 5.11 Å². The summed E-state index contributed by atoms with van der Waals surface area (Å²) in [4.78, 5) is 0. The Balaban J connectivity index is 1.93. The fourth-order valence-corrected chi connectivity index (χ4v) is 3.26. The van der Waals surface area contributed by atoms with Crippen molar-refractivity contribution in [3.8, 4) is 22.3 Å². The van der Waals surface area contributed by atoms with Gasteiger partial charge in [-0.2, -0.15) is 0 Å². The topological polar surface area (TPSA) is 20.2 Å². The summed E-state index contributed by atoms with van der Waals surface area (Å²) < 4.78 is 0. The lowest BCUT2D eigenvalue weighted by Crippen LogP contribution is -1.92. The largest absolute Gasteiger partial charge is 0.396 e. The van der Waals surface area contributed by atoms with Gasteiger partial charge in [-0.1, -0.05) is 80.6 Å². The van der Waals surface area contributed by atoms with Crippen molar-refractivity contribution < 1.29 is 5.11 Å². The Morgan fingerprint density at radius 1 is 0.640 bits per heavy atom. The van der Waals surface area contributed by atoms with Gasteiger partial charge in [0.2, 0.25) is 0 Å². The summed E-state index contributed by atoms with van der Waals surface area (Å²) in [6.45, 7) is 4.60. The molecule has 0 aliphatic carbocycles. The Kier molecular flexibility index (Phi) is 5.67. The van der Waals surface area contributed by atoms with Crippen molar-refractivity contribution in [3.05, 3.63) is 83.4 Å². The highest BCUT2D eigenvalue weighted by Gasteiger charge is 2.07. The number of hydrogen-bond acceptors (Lipinski definition) is 1. The standard InChI is InChI=1S/C24H26O/c1-3-18-5-9-21(10-6-18)23-13-14-24(20(4-2)17-23)22-11-7-19(8-12-22)15-16-25/h5-14,17,25H,3-4,15-16H2,1-2H3. The van der Waals surface area contributed by atoms with Gasteiger partial charge in [0.15, 0.2) is 0 Å². The van der Waals surface area contributed by atoms with Gasteiger partial charge in [0, 0.05) is 6.61 Å². The molecule has 0 atom stereocenters. The molecule has 1 N–H and O–H groups in total. The average Bonchev–Trinajstić information content (AvgIpc) is 2.68. The maximum atomic E-state index is 9.06. The van der Waals surface area contributed by atoms with Gasteiger partial charge in [-0.3, -0.25) is 0 Å². The first-order valence-electron chi connectivity index (χ1n) is 9.17. The summed E-state index contributed by atoms with van der Waals surface area (Å²) in [6.07, 6.45) is 2.80. The lowest BCUT2D eigenvalue weighted by atomic mass is 9.93. The molecule has 3 aromatic rings. The maximum absolute atomic E-state index is 9.06. The van der Waals surface area contributed by atoms with Gasteiger partial charge in [0.1, 0.15) is 0 Å². The predicted molar refractivity (Wildman–Crippen MR) is 107 cm³/mol. The van der Waals surface area contributed by atoms with E-state index in [0.717, 1.165) is 12.8 Å². The predicted octanol–water partition coefficient (Wildman–Crippen LogP) is 5.68. The van der Waals surface area contributed by atoms with Crippen molar-refractivity contribution >= 4 is 0 Å². The Morgan fingerprint density at radius 3 is 1.84 bits per heavy atom.